The minimum absolute atomic E-state index is 0.0162. The fourth-order valence-electron chi connectivity index (χ4n) is 4.71. The van der Waals surface area contributed by atoms with E-state index in [1.165, 1.54) is 0 Å². The molecule has 0 saturated carbocycles. The number of halogens is 1. The van der Waals surface area contributed by atoms with E-state index in [4.69, 9.17) is 21.6 Å². The fourth-order valence-corrected chi connectivity index (χ4v) is 4.87. The van der Waals surface area contributed by atoms with Gasteiger partial charge in [-0.25, -0.2) is 4.98 Å². The number of carbonyl (C=O) groups excluding carboxylic acids is 1. The molecule has 196 valence electrons. The number of anilines is 1. The van der Waals surface area contributed by atoms with Gasteiger partial charge in [0.05, 0.1) is 17.9 Å². The summed E-state index contributed by atoms with van der Waals surface area (Å²) in [5, 5.41) is 25.9. The lowest BCUT2D eigenvalue weighted by Crippen LogP contribution is -2.51. The number of hydrogen-bond donors (Lipinski definition) is 3. The zero-order valence-electron chi connectivity index (χ0n) is 21.5. The maximum atomic E-state index is 12.6. The Balaban J connectivity index is 1.57. The molecule has 1 unspecified atom stereocenters. The second-order valence-corrected chi connectivity index (χ2v) is 10.9. The molecule has 2 aromatic carbocycles. The highest BCUT2D eigenvalue weighted by Crippen LogP contribution is 2.37. The number of aliphatic hydroxyl groups excluding tert-OH is 1. The summed E-state index contributed by atoms with van der Waals surface area (Å²) in [5.74, 6) is 0.617. The van der Waals surface area contributed by atoms with Gasteiger partial charge in [-0.15, -0.1) is 0 Å². The van der Waals surface area contributed by atoms with Gasteiger partial charge in [-0.1, -0.05) is 24.3 Å². The molecule has 0 bridgehead atoms. The van der Waals surface area contributed by atoms with Crippen LogP contribution in [-0.2, 0) is 4.79 Å². The van der Waals surface area contributed by atoms with Gasteiger partial charge in [-0.2, -0.15) is 10.2 Å². The summed E-state index contributed by atoms with van der Waals surface area (Å²) in [6.07, 6.45) is 1.01. The van der Waals surface area contributed by atoms with E-state index in [1.807, 2.05) is 24.3 Å². The predicted molar refractivity (Wildman–Crippen MR) is 146 cm³/mol. The Bertz CT molecular complexity index is 1550. The molecule has 2 atom stereocenters. The van der Waals surface area contributed by atoms with Crippen LogP contribution in [0.2, 0.25) is 5.28 Å². The van der Waals surface area contributed by atoms with Crippen molar-refractivity contribution in [2.24, 2.45) is 5.41 Å². The largest absolute Gasteiger partial charge is 0.426 e. The Hall–Kier alpha value is -3.71. The van der Waals surface area contributed by atoms with Gasteiger partial charge in [0.15, 0.2) is 5.82 Å². The average Bonchev–Trinajstić information content (AvgIpc) is 3.31. The average molecular weight is 533 g/mol. The van der Waals surface area contributed by atoms with Gasteiger partial charge in [0, 0.05) is 37.4 Å². The van der Waals surface area contributed by atoms with Crippen molar-refractivity contribution in [3.05, 3.63) is 59.0 Å². The topological polar surface area (TPSA) is 127 Å². The van der Waals surface area contributed by atoms with Crippen molar-refractivity contribution in [1.82, 2.24) is 20.3 Å². The van der Waals surface area contributed by atoms with Crippen LogP contribution in [0.15, 0.2) is 42.6 Å². The Kier molecular flexibility index (Phi) is 6.97. The molecule has 9 nitrogen and oxygen atoms in total. The number of aromatic nitrogens is 3. The molecule has 2 aromatic heterocycles. The Morgan fingerprint density at radius 3 is 2.84 bits per heavy atom. The van der Waals surface area contributed by atoms with E-state index in [0.29, 0.717) is 59.8 Å². The fraction of sp³-hybridized carbons (Fsp3) is 0.357. The highest BCUT2D eigenvalue weighted by molar-refractivity contribution is 6.28. The number of benzene rings is 2. The third-order valence-electron chi connectivity index (χ3n) is 6.68. The normalized spacial score (nSPS) is 16.9. The lowest BCUT2D eigenvalue weighted by atomic mass is 9.95. The molecule has 0 spiro atoms. The Labute approximate surface area is 225 Å². The first-order chi connectivity index (χ1) is 18.2. The molecule has 38 heavy (non-hydrogen) atoms. The van der Waals surface area contributed by atoms with Crippen molar-refractivity contribution in [3.63, 3.8) is 0 Å². The smallest absolute Gasteiger partial charge is 0.316 e. The number of piperazine rings is 1. The molecule has 0 amide bonds. The van der Waals surface area contributed by atoms with Crippen LogP contribution in [0.25, 0.3) is 21.8 Å². The van der Waals surface area contributed by atoms with Crippen LogP contribution >= 0.6 is 11.6 Å². The molecule has 1 fully saturated rings. The molecule has 1 aliphatic heterocycles. The molecular formula is C28H29ClN6O3. The maximum Gasteiger partial charge on any atom is 0.316 e. The number of nitrogens with zero attached hydrogens (tertiary/aromatic N) is 4. The standard InChI is InChI=1S/C28H29ClN6O3/c1-28(2,3)26(37)38-18-12-16-6-4-5-7-19(16)20(13-18)24(36)21-14-32-23-22(21)33-27(29)34-25(23)35-11-10-31-17(15-35)8-9-30/h4-7,12-14,17,24,31-32,36H,8,10-11,15H2,1-3H3/t17-,24?/m0/s1. The van der Waals surface area contributed by atoms with Crippen molar-refractivity contribution in [2.45, 2.75) is 39.3 Å². The molecule has 1 aliphatic rings. The summed E-state index contributed by atoms with van der Waals surface area (Å²) in [4.78, 5) is 26.8. The monoisotopic (exact) mass is 532 g/mol. The SMILES string of the molecule is CC(C)(C)C(=O)Oc1cc(C(O)c2c[nH]c3c(N4CCN[C@@H](CC#N)C4)nc(Cl)nc23)c2ccccc2c1. The number of nitrogens with one attached hydrogen (secondary N) is 2. The molecule has 3 heterocycles. The number of carbonyl (C=O) groups is 1. The first-order valence-corrected chi connectivity index (χ1v) is 12.9. The second kappa shape index (κ2) is 10.2. The lowest BCUT2D eigenvalue weighted by Gasteiger charge is -2.33. The van der Waals surface area contributed by atoms with E-state index in [1.54, 1.807) is 39.1 Å². The van der Waals surface area contributed by atoms with E-state index in [-0.39, 0.29) is 17.3 Å². The summed E-state index contributed by atoms with van der Waals surface area (Å²) < 4.78 is 5.69. The first-order valence-electron chi connectivity index (χ1n) is 12.5. The van der Waals surface area contributed by atoms with E-state index in [9.17, 15) is 9.90 Å². The minimum Gasteiger partial charge on any atom is -0.426 e. The van der Waals surface area contributed by atoms with Gasteiger partial charge in [0.1, 0.15) is 22.9 Å². The van der Waals surface area contributed by atoms with E-state index in [2.05, 4.69) is 31.2 Å². The van der Waals surface area contributed by atoms with Crippen LogP contribution in [0.1, 0.15) is 44.4 Å². The van der Waals surface area contributed by atoms with Crippen molar-refractivity contribution in [1.29, 1.82) is 5.26 Å². The predicted octanol–water partition coefficient (Wildman–Crippen LogP) is 4.49. The summed E-state index contributed by atoms with van der Waals surface area (Å²) in [7, 11) is 0. The summed E-state index contributed by atoms with van der Waals surface area (Å²) in [5.41, 5.74) is 1.58. The summed E-state index contributed by atoms with van der Waals surface area (Å²) >= 11 is 6.37. The zero-order chi connectivity index (χ0) is 27.0. The number of H-pyrrole nitrogens is 1. The van der Waals surface area contributed by atoms with Crippen LogP contribution in [0.3, 0.4) is 0 Å². The van der Waals surface area contributed by atoms with Gasteiger partial charge in [0.2, 0.25) is 5.28 Å². The molecule has 10 heteroatoms. The number of rotatable bonds is 5. The Morgan fingerprint density at radius 1 is 1.29 bits per heavy atom. The van der Waals surface area contributed by atoms with Gasteiger partial charge in [0.25, 0.3) is 0 Å². The number of aromatic amines is 1. The van der Waals surface area contributed by atoms with Crippen molar-refractivity contribution in [2.75, 3.05) is 24.5 Å². The quantitative estimate of drug-likeness (QED) is 0.195. The van der Waals surface area contributed by atoms with E-state index < -0.39 is 11.5 Å². The van der Waals surface area contributed by atoms with Crippen LogP contribution in [0, 0.1) is 16.7 Å². The number of nitriles is 1. The number of ether oxygens (including phenoxy) is 1. The first kappa shape index (κ1) is 25.9. The van der Waals surface area contributed by atoms with E-state index in [0.717, 1.165) is 10.8 Å². The number of aliphatic hydroxyl groups is 1. The summed E-state index contributed by atoms with van der Waals surface area (Å²) in [6, 6.07) is 13.3. The zero-order valence-corrected chi connectivity index (χ0v) is 22.2. The molecule has 3 N–H and O–H groups in total. The van der Waals surface area contributed by atoms with E-state index >= 15 is 0 Å². The molecular weight excluding hydrogens is 504 g/mol. The van der Waals surface area contributed by atoms with Crippen molar-refractivity contribution >= 4 is 45.2 Å². The molecule has 0 radical (unpaired) electrons. The van der Waals surface area contributed by atoms with Crippen LogP contribution < -0.4 is 15.0 Å². The molecule has 0 aliphatic carbocycles. The van der Waals surface area contributed by atoms with Crippen LogP contribution in [0.5, 0.6) is 5.75 Å². The van der Waals surface area contributed by atoms with Crippen LogP contribution in [-0.4, -0.2) is 51.7 Å². The molecule has 5 rings (SSSR count). The molecule has 4 aromatic rings. The lowest BCUT2D eigenvalue weighted by molar-refractivity contribution is -0.142. The third-order valence-corrected chi connectivity index (χ3v) is 6.85. The Morgan fingerprint density at radius 2 is 2.08 bits per heavy atom. The van der Waals surface area contributed by atoms with Crippen molar-refractivity contribution in [3.8, 4) is 11.8 Å². The van der Waals surface area contributed by atoms with Gasteiger partial charge in [-0.05, 0) is 60.8 Å². The summed E-state index contributed by atoms with van der Waals surface area (Å²) in [6.45, 7) is 7.36. The highest BCUT2D eigenvalue weighted by Gasteiger charge is 2.28. The number of fused-ring (bicyclic) bond motifs is 2. The minimum atomic E-state index is -1.09. The van der Waals surface area contributed by atoms with Crippen molar-refractivity contribution < 1.29 is 14.6 Å². The highest BCUT2D eigenvalue weighted by atomic mass is 35.5. The van der Waals surface area contributed by atoms with Gasteiger partial charge < -0.3 is 25.0 Å². The molecule has 1 saturated heterocycles. The van der Waals surface area contributed by atoms with Gasteiger partial charge in [-0.3, -0.25) is 4.79 Å². The number of hydrogen-bond acceptors (Lipinski definition) is 8. The maximum absolute atomic E-state index is 12.6. The second-order valence-electron chi connectivity index (χ2n) is 10.5. The number of esters is 1. The third kappa shape index (κ3) is 5.03. The van der Waals surface area contributed by atoms with Gasteiger partial charge >= 0.3 is 5.97 Å². The van der Waals surface area contributed by atoms with Crippen LogP contribution in [0.4, 0.5) is 5.82 Å².